The van der Waals surface area contributed by atoms with Crippen LogP contribution < -0.4 is 15.4 Å². The summed E-state index contributed by atoms with van der Waals surface area (Å²) in [6.07, 6.45) is 2.57. The quantitative estimate of drug-likeness (QED) is 0.403. The van der Waals surface area contributed by atoms with E-state index in [2.05, 4.69) is 22.2 Å². The van der Waals surface area contributed by atoms with Gasteiger partial charge in [-0.1, -0.05) is 12.1 Å². The number of rotatable bonds is 7. The molecule has 0 unspecified atom stereocenters. The van der Waals surface area contributed by atoms with Gasteiger partial charge in [0.05, 0.1) is 7.11 Å². The summed E-state index contributed by atoms with van der Waals surface area (Å²) < 4.78 is 5.08. The van der Waals surface area contributed by atoms with Crippen LogP contribution in [-0.4, -0.2) is 37.8 Å². The van der Waals surface area contributed by atoms with Gasteiger partial charge in [-0.2, -0.15) is 0 Å². The van der Waals surface area contributed by atoms with Gasteiger partial charge < -0.3 is 20.5 Å². The first-order chi connectivity index (χ1) is 9.71. The number of methoxy groups -OCH3 is 1. The first-order valence-corrected chi connectivity index (χ1v) is 6.70. The minimum atomic E-state index is 0.153. The van der Waals surface area contributed by atoms with Crippen LogP contribution in [0, 0.1) is 0 Å². The summed E-state index contributed by atoms with van der Waals surface area (Å²) in [5.74, 6) is 1.42. The molecule has 1 aromatic carbocycles. The zero-order valence-electron chi connectivity index (χ0n) is 12.1. The van der Waals surface area contributed by atoms with Crippen LogP contribution in [0.4, 0.5) is 0 Å². The number of phenolic OH excluding ortho intramolecular Hbond substituents is 1. The Morgan fingerprint density at radius 1 is 1.45 bits per heavy atom. The summed E-state index contributed by atoms with van der Waals surface area (Å²) in [4.78, 5) is 4.47. The van der Waals surface area contributed by atoms with E-state index in [0.29, 0.717) is 18.8 Å². The fourth-order valence-electron chi connectivity index (χ4n) is 1.68. The second kappa shape index (κ2) is 8.85. The highest BCUT2D eigenvalue weighted by molar-refractivity contribution is 5.79. The highest BCUT2D eigenvalue weighted by Gasteiger charge is 2.02. The Labute approximate surface area is 120 Å². The first-order valence-electron chi connectivity index (χ1n) is 6.70. The summed E-state index contributed by atoms with van der Waals surface area (Å²) >= 11 is 0. The van der Waals surface area contributed by atoms with E-state index >= 15 is 0 Å². The number of benzene rings is 1. The summed E-state index contributed by atoms with van der Waals surface area (Å²) in [6.45, 7) is 7.84. The standard InChI is InChI=1S/C15H23N3O2/c1-4-9-17-15(16-5-2)18-10-8-12-6-7-13(19)14(11-12)20-3/h4,6-7,11,19H,1,5,8-10H2,2-3H3,(H2,16,17,18). The van der Waals surface area contributed by atoms with Crippen molar-refractivity contribution in [3.05, 3.63) is 36.4 Å². The number of guanidine groups is 1. The zero-order valence-corrected chi connectivity index (χ0v) is 12.1. The van der Waals surface area contributed by atoms with Crippen molar-refractivity contribution in [1.82, 2.24) is 10.6 Å². The lowest BCUT2D eigenvalue weighted by molar-refractivity contribution is 0.373. The molecule has 20 heavy (non-hydrogen) atoms. The predicted molar refractivity (Wildman–Crippen MR) is 82.5 cm³/mol. The van der Waals surface area contributed by atoms with Crippen LogP contribution in [0.1, 0.15) is 12.5 Å². The lowest BCUT2D eigenvalue weighted by Gasteiger charge is -2.09. The van der Waals surface area contributed by atoms with Crippen LogP contribution in [0.25, 0.3) is 0 Å². The molecule has 0 radical (unpaired) electrons. The van der Waals surface area contributed by atoms with Crippen molar-refractivity contribution >= 4 is 5.96 Å². The van der Waals surface area contributed by atoms with Crippen LogP contribution in [0.2, 0.25) is 0 Å². The fraction of sp³-hybridized carbons (Fsp3) is 0.400. The summed E-state index contributed by atoms with van der Waals surface area (Å²) in [7, 11) is 1.54. The molecule has 0 aliphatic heterocycles. The van der Waals surface area contributed by atoms with E-state index < -0.39 is 0 Å². The average Bonchev–Trinajstić information content (AvgIpc) is 2.46. The normalized spacial score (nSPS) is 11.0. The maximum Gasteiger partial charge on any atom is 0.191 e. The van der Waals surface area contributed by atoms with E-state index in [0.717, 1.165) is 24.5 Å². The lowest BCUT2D eigenvalue weighted by atomic mass is 10.1. The molecule has 0 amide bonds. The number of hydrogen-bond acceptors (Lipinski definition) is 3. The molecular weight excluding hydrogens is 254 g/mol. The number of aromatic hydroxyl groups is 1. The third-order valence-electron chi connectivity index (χ3n) is 2.67. The maximum absolute atomic E-state index is 9.53. The molecule has 1 aromatic rings. The molecule has 3 N–H and O–H groups in total. The summed E-state index contributed by atoms with van der Waals surface area (Å²) in [6, 6.07) is 5.34. The number of ether oxygens (including phenoxy) is 1. The molecule has 1 rings (SSSR count). The molecule has 0 bridgehead atoms. The minimum absolute atomic E-state index is 0.153. The van der Waals surface area contributed by atoms with Crippen LogP contribution in [0.3, 0.4) is 0 Å². The van der Waals surface area contributed by atoms with E-state index in [-0.39, 0.29) is 5.75 Å². The third-order valence-corrected chi connectivity index (χ3v) is 2.67. The highest BCUT2D eigenvalue weighted by atomic mass is 16.5. The topological polar surface area (TPSA) is 65.9 Å². The predicted octanol–water partition coefficient (Wildman–Crippen LogP) is 1.68. The number of phenols is 1. The molecule has 0 aromatic heterocycles. The van der Waals surface area contributed by atoms with Gasteiger partial charge in [-0.05, 0) is 31.0 Å². The molecule has 0 saturated carbocycles. The van der Waals surface area contributed by atoms with Gasteiger partial charge in [-0.3, -0.25) is 4.99 Å². The smallest absolute Gasteiger partial charge is 0.191 e. The van der Waals surface area contributed by atoms with Gasteiger partial charge in [-0.15, -0.1) is 6.58 Å². The number of aliphatic imine (C=N–C) groups is 1. The average molecular weight is 277 g/mol. The van der Waals surface area contributed by atoms with Crippen molar-refractivity contribution in [2.24, 2.45) is 4.99 Å². The molecule has 0 spiro atoms. The molecule has 0 aliphatic rings. The zero-order chi connectivity index (χ0) is 14.8. The van der Waals surface area contributed by atoms with Crippen molar-refractivity contribution in [2.75, 3.05) is 26.7 Å². The summed E-state index contributed by atoms with van der Waals surface area (Å²) in [5.41, 5.74) is 1.07. The Morgan fingerprint density at radius 2 is 2.25 bits per heavy atom. The third kappa shape index (κ3) is 5.22. The second-order valence-electron chi connectivity index (χ2n) is 4.19. The van der Waals surface area contributed by atoms with Gasteiger partial charge in [0.25, 0.3) is 0 Å². The Morgan fingerprint density at radius 3 is 2.90 bits per heavy atom. The molecular formula is C15H23N3O2. The molecule has 0 aliphatic carbocycles. The molecule has 0 heterocycles. The van der Waals surface area contributed by atoms with Crippen LogP contribution in [-0.2, 0) is 6.42 Å². The van der Waals surface area contributed by atoms with Crippen LogP contribution >= 0.6 is 0 Å². The van der Waals surface area contributed by atoms with Crippen molar-refractivity contribution in [2.45, 2.75) is 13.3 Å². The largest absolute Gasteiger partial charge is 0.504 e. The maximum atomic E-state index is 9.53. The van der Waals surface area contributed by atoms with Crippen molar-refractivity contribution in [1.29, 1.82) is 0 Å². The number of nitrogens with zero attached hydrogens (tertiary/aromatic N) is 1. The minimum Gasteiger partial charge on any atom is -0.504 e. The van der Waals surface area contributed by atoms with E-state index in [1.807, 2.05) is 19.1 Å². The Kier molecular flexibility index (Phi) is 7.03. The number of nitrogens with one attached hydrogen (secondary N) is 2. The summed E-state index contributed by atoms with van der Waals surface area (Å²) in [5, 5.41) is 15.8. The van der Waals surface area contributed by atoms with Crippen LogP contribution in [0.15, 0.2) is 35.8 Å². The van der Waals surface area contributed by atoms with Crippen molar-refractivity contribution in [3.8, 4) is 11.5 Å². The first kappa shape index (κ1) is 15.9. The van der Waals surface area contributed by atoms with Gasteiger partial charge in [0.15, 0.2) is 17.5 Å². The lowest BCUT2D eigenvalue weighted by Crippen LogP contribution is -2.37. The van der Waals surface area contributed by atoms with Crippen molar-refractivity contribution < 1.29 is 9.84 Å². The SMILES string of the molecule is C=CCNC(=NCCc1ccc(O)c(OC)c1)NCC. The highest BCUT2D eigenvalue weighted by Crippen LogP contribution is 2.26. The van der Waals surface area contributed by atoms with Gasteiger partial charge in [-0.25, -0.2) is 0 Å². The molecule has 5 nitrogen and oxygen atoms in total. The Hall–Kier alpha value is -2.17. The molecule has 110 valence electrons. The molecule has 0 fully saturated rings. The van der Waals surface area contributed by atoms with Gasteiger partial charge in [0.1, 0.15) is 0 Å². The molecule has 0 saturated heterocycles. The monoisotopic (exact) mass is 277 g/mol. The Bertz CT molecular complexity index is 458. The molecule has 0 atom stereocenters. The fourth-order valence-corrected chi connectivity index (χ4v) is 1.68. The molecule has 5 heteroatoms. The van der Waals surface area contributed by atoms with E-state index in [1.165, 1.54) is 0 Å². The van der Waals surface area contributed by atoms with Gasteiger partial charge in [0.2, 0.25) is 0 Å². The Balaban J connectivity index is 2.58. The second-order valence-corrected chi connectivity index (χ2v) is 4.19. The van der Waals surface area contributed by atoms with E-state index in [1.54, 1.807) is 19.3 Å². The van der Waals surface area contributed by atoms with Gasteiger partial charge >= 0.3 is 0 Å². The van der Waals surface area contributed by atoms with E-state index in [9.17, 15) is 5.11 Å². The van der Waals surface area contributed by atoms with E-state index in [4.69, 9.17) is 4.74 Å². The van der Waals surface area contributed by atoms with Gasteiger partial charge in [0, 0.05) is 19.6 Å². The number of hydrogen-bond donors (Lipinski definition) is 3. The van der Waals surface area contributed by atoms with Crippen LogP contribution in [0.5, 0.6) is 11.5 Å². The van der Waals surface area contributed by atoms with Crippen molar-refractivity contribution in [3.63, 3.8) is 0 Å².